The van der Waals surface area contributed by atoms with E-state index in [-0.39, 0.29) is 13.0 Å². The minimum atomic E-state index is -1.11. The van der Waals surface area contributed by atoms with Gasteiger partial charge in [0.25, 0.3) is 0 Å². The van der Waals surface area contributed by atoms with Crippen LogP contribution in [0.15, 0.2) is 12.3 Å². The molecule has 72 valence electrons. The Hall–Kier alpha value is -1.39. The van der Waals surface area contributed by atoms with E-state index >= 15 is 0 Å². The van der Waals surface area contributed by atoms with Crippen molar-refractivity contribution < 1.29 is 14.3 Å². The number of aryl methyl sites for hydroxylation is 1. The Kier molecular flexibility index (Phi) is 3.00. The summed E-state index contributed by atoms with van der Waals surface area (Å²) >= 11 is 0. The molecule has 0 aliphatic carbocycles. The maximum absolute atomic E-state index is 12.8. The molecule has 0 fully saturated rings. The zero-order chi connectivity index (χ0) is 9.84. The highest BCUT2D eigenvalue weighted by molar-refractivity contribution is 5.66. The van der Waals surface area contributed by atoms with Crippen LogP contribution in [0.1, 0.15) is 25.2 Å². The third-order valence-corrected chi connectivity index (χ3v) is 1.69. The van der Waals surface area contributed by atoms with Crippen molar-refractivity contribution in [3.05, 3.63) is 18.0 Å². The molecule has 13 heavy (non-hydrogen) atoms. The van der Waals surface area contributed by atoms with Gasteiger partial charge in [-0.3, -0.25) is 9.48 Å². The van der Waals surface area contributed by atoms with Crippen molar-refractivity contribution in [2.75, 3.05) is 0 Å². The van der Waals surface area contributed by atoms with E-state index in [4.69, 9.17) is 5.11 Å². The summed E-state index contributed by atoms with van der Waals surface area (Å²) in [4.78, 5) is 10.2. The number of hydrogen-bond acceptors (Lipinski definition) is 2. The molecule has 5 heteroatoms. The second kappa shape index (κ2) is 4.02. The predicted octanol–water partition coefficient (Wildman–Crippen LogP) is 1.39. The first-order valence-electron chi connectivity index (χ1n) is 3.99. The summed E-state index contributed by atoms with van der Waals surface area (Å²) < 4.78 is 14.2. The van der Waals surface area contributed by atoms with E-state index in [1.54, 1.807) is 6.07 Å². The van der Waals surface area contributed by atoms with Crippen molar-refractivity contribution in [2.24, 2.45) is 0 Å². The molecule has 0 saturated carbocycles. The zero-order valence-corrected chi connectivity index (χ0v) is 7.27. The number of hydrogen-bond donors (Lipinski definition) is 1. The summed E-state index contributed by atoms with van der Waals surface area (Å²) in [6.07, 6.45) is 0.311. The van der Waals surface area contributed by atoms with Gasteiger partial charge in [-0.1, -0.05) is 0 Å². The molecular weight excluding hydrogens is 175 g/mol. The molecule has 0 aromatic carbocycles. The molecule has 0 spiro atoms. The average molecular weight is 186 g/mol. The van der Waals surface area contributed by atoms with Crippen LogP contribution in [-0.4, -0.2) is 20.9 Å². The number of carboxylic acid groups (broad SMARTS) is 1. The third-order valence-electron chi connectivity index (χ3n) is 1.69. The van der Waals surface area contributed by atoms with E-state index in [2.05, 4.69) is 5.10 Å². The van der Waals surface area contributed by atoms with Gasteiger partial charge in [-0.05, 0) is 13.0 Å². The maximum atomic E-state index is 12.8. The topological polar surface area (TPSA) is 55.1 Å². The van der Waals surface area contributed by atoms with Crippen molar-refractivity contribution in [3.8, 4) is 0 Å². The van der Waals surface area contributed by atoms with Gasteiger partial charge in [-0.2, -0.15) is 5.10 Å². The SMILES string of the molecule is CC(F)c1ccnn1CCC(=O)O. The number of carboxylic acids is 1. The molecule has 0 amide bonds. The highest BCUT2D eigenvalue weighted by atomic mass is 19.1. The fourth-order valence-corrected chi connectivity index (χ4v) is 1.07. The Morgan fingerprint density at radius 3 is 3.08 bits per heavy atom. The van der Waals surface area contributed by atoms with E-state index < -0.39 is 12.1 Å². The highest BCUT2D eigenvalue weighted by Gasteiger charge is 2.09. The van der Waals surface area contributed by atoms with Crippen LogP contribution >= 0.6 is 0 Å². The zero-order valence-electron chi connectivity index (χ0n) is 7.27. The molecule has 1 unspecified atom stereocenters. The number of rotatable bonds is 4. The summed E-state index contributed by atoms with van der Waals surface area (Å²) in [5, 5.41) is 12.2. The van der Waals surface area contributed by atoms with Crippen molar-refractivity contribution >= 4 is 5.97 Å². The second-order valence-electron chi connectivity index (χ2n) is 2.74. The molecule has 1 N–H and O–H groups in total. The van der Waals surface area contributed by atoms with Gasteiger partial charge < -0.3 is 5.11 Å². The number of alkyl halides is 1. The van der Waals surface area contributed by atoms with Gasteiger partial charge >= 0.3 is 5.97 Å². The number of nitrogens with zero attached hydrogens (tertiary/aromatic N) is 2. The first kappa shape index (κ1) is 9.70. The number of carbonyl (C=O) groups is 1. The monoisotopic (exact) mass is 186 g/mol. The van der Waals surface area contributed by atoms with Gasteiger partial charge in [0, 0.05) is 6.20 Å². The van der Waals surface area contributed by atoms with Crippen molar-refractivity contribution in [1.82, 2.24) is 9.78 Å². The molecule has 0 aliphatic heterocycles. The standard InChI is InChI=1S/C8H11FN2O2/c1-6(9)7-2-4-10-11(7)5-3-8(12)13/h2,4,6H,3,5H2,1H3,(H,12,13). The van der Waals surface area contributed by atoms with Gasteiger partial charge in [0.05, 0.1) is 18.7 Å². The van der Waals surface area contributed by atoms with Crippen LogP contribution in [0.25, 0.3) is 0 Å². The minimum absolute atomic E-state index is 0.0403. The number of aliphatic carboxylic acids is 1. The van der Waals surface area contributed by atoms with E-state index in [0.717, 1.165) is 0 Å². The molecule has 1 aromatic heterocycles. The van der Waals surface area contributed by atoms with Gasteiger partial charge in [0.15, 0.2) is 0 Å². The Morgan fingerprint density at radius 2 is 2.54 bits per heavy atom. The van der Waals surface area contributed by atoms with E-state index in [0.29, 0.717) is 5.69 Å². The van der Waals surface area contributed by atoms with Crippen LogP contribution in [0, 0.1) is 0 Å². The van der Waals surface area contributed by atoms with Crippen LogP contribution in [0.4, 0.5) is 4.39 Å². The van der Waals surface area contributed by atoms with Gasteiger partial charge in [0.1, 0.15) is 6.17 Å². The van der Waals surface area contributed by atoms with Crippen LogP contribution < -0.4 is 0 Å². The highest BCUT2D eigenvalue weighted by Crippen LogP contribution is 2.15. The van der Waals surface area contributed by atoms with Crippen molar-refractivity contribution in [1.29, 1.82) is 0 Å². The number of halogens is 1. The van der Waals surface area contributed by atoms with Crippen LogP contribution in [0.3, 0.4) is 0 Å². The Labute approximate surface area is 75.0 Å². The predicted molar refractivity (Wildman–Crippen MR) is 44.0 cm³/mol. The molecule has 4 nitrogen and oxygen atoms in total. The fourth-order valence-electron chi connectivity index (χ4n) is 1.07. The first-order chi connectivity index (χ1) is 6.11. The summed E-state index contributed by atoms with van der Waals surface area (Å²) in [5.74, 6) is -0.909. The second-order valence-corrected chi connectivity index (χ2v) is 2.74. The lowest BCUT2D eigenvalue weighted by Crippen LogP contribution is -2.09. The lowest BCUT2D eigenvalue weighted by Gasteiger charge is -2.05. The summed E-state index contributed by atoms with van der Waals surface area (Å²) in [6, 6.07) is 1.55. The van der Waals surface area contributed by atoms with E-state index in [1.807, 2.05) is 0 Å². The molecule has 0 saturated heterocycles. The van der Waals surface area contributed by atoms with Crippen molar-refractivity contribution in [2.45, 2.75) is 26.1 Å². The van der Waals surface area contributed by atoms with E-state index in [1.165, 1.54) is 17.8 Å². The molecular formula is C8H11FN2O2. The van der Waals surface area contributed by atoms with Gasteiger partial charge in [-0.15, -0.1) is 0 Å². The normalized spacial score (nSPS) is 12.8. The largest absolute Gasteiger partial charge is 0.481 e. The minimum Gasteiger partial charge on any atom is -0.481 e. The molecule has 0 bridgehead atoms. The van der Waals surface area contributed by atoms with E-state index in [9.17, 15) is 9.18 Å². The molecule has 1 aromatic rings. The molecule has 1 atom stereocenters. The van der Waals surface area contributed by atoms with Crippen LogP contribution in [0.5, 0.6) is 0 Å². The Morgan fingerprint density at radius 1 is 1.85 bits per heavy atom. The summed E-state index contributed by atoms with van der Waals surface area (Å²) in [7, 11) is 0. The van der Waals surface area contributed by atoms with Gasteiger partial charge in [-0.25, -0.2) is 4.39 Å². The molecule has 0 radical (unpaired) electrons. The first-order valence-corrected chi connectivity index (χ1v) is 3.99. The number of aromatic nitrogens is 2. The van der Waals surface area contributed by atoms with Crippen molar-refractivity contribution in [3.63, 3.8) is 0 Å². The Balaban J connectivity index is 2.65. The summed E-state index contributed by atoms with van der Waals surface area (Å²) in [5.41, 5.74) is 0.418. The summed E-state index contributed by atoms with van der Waals surface area (Å²) in [6.45, 7) is 1.61. The fraction of sp³-hybridized carbons (Fsp3) is 0.500. The quantitative estimate of drug-likeness (QED) is 0.773. The Bertz CT molecular complexity index is 296. The third kappa shape index (κ3) is 2.54. The van der Waals surface area contributed by atoms with Gasteiger partial charge in [0.2, 0.25) is 0 Å². The smallest absolute Gasteiger partial charge is 0.305 e. The molecule has 1 heterocycles. The lowest BCUT2D eigenvalue weighted by atomic mass is 10.3. The van der Waals surface area contributed by atoms with Crippen LogP contribution in [0.2, 0.25) is 0 Å². The van der Waals surface area contributed by atoms with Crippen LogP contribution in [-0.2, 0) is 11.3 Å². The molecule has 1 rings (SSSR count). The average Bonchev–Trinajstić information content (AvgIpc) is 2.47. The maximum Gasteiger partial charge on any atom is 0.305 e. The molecule has 0 aliphatic rings. The lowest BCUT2D eigenvalue weighted by molar-refractivity contribution is -0.137.